The lowest BCUT2D eigenvalue weighted by Gasteiger charge is -2.31. The minimum absolute atomic E-state index is 0.0191. The maximum Gasteiger partial charge on any atom is 0.253 e. The Morgan fingerprint density at radius 1 is 1.43 bits per heavy atom. The highest BCUT2D eigenvalue weighted by molar-refractivity contribution is 5.94. The molecule has 1 aromatic heterocycles. The van der Waals surface area contributed by atoms with Crippen molar-refractivity contribution in [1.29, 1.82) is 5.26 Å². The number of rotatable bonds is 3. The first-order valence-electron chi connectivity index (χ1n) is 7.83. The second kappa shape index (κ2) is 6.61. The van der Waals surface area contributed by atoms with Gasteiger partial charge in [-0.05, 0) is 37.1 Å². The van der Waals surface area contributed by atoms with Crippen LogP contribution in [0.25, 0.3) is 0 Å². The quantitative estimate of drug-likeness (QED) is 0.870. The van der Waals surface area contributed by atoms with Crippen molar-refractivity contribution in [2.75, 3.05) is 13.1 Å². The first-order chi connectivity index (χ1) is 11.2. The molecule has 0 saturated carbocycles. The van der Waals surface area contributed by atoms with Gasteiger partial charge in [-0.1, -0.05) is 12.1 Å². The van der Waals surface area contributed by atoms with E-state index in [9.17, 15) is 4.79 Å². The molecule has 2 aromatic rings. The summed E-state index contributed by atoms with van der Waals surface area (Å²) in [6, 6.07) is 8.79. The Hall–Kier alpha value is -2.68. The average Bonchev–Trinajstić information content (AvgIpc) is 3.10. The van der Waals surface area contributed by atoms with Crippen molar-refractivity contribution in [2.24, 2.45) is 0 Å². The number of nitriles is 1. The lowest BCUT2D eigenvalue weighted by Crippen LogP contribution is -2.39. The normalized spacial score (nSPS) is 17.7. The SMILES string of the molecule is CCc1noc([C@@H]2CCCN(C(=O)c3ccc(C#N)cc3)C2)n1. The third-order valence-corrected chi connectivity index (χ3v) is 4.12. The van der Waals surface area contributed by atoms with E-state index in [2.05, 4.69) is 16.2 Å². The van der Waals surface area contributed by atoms with Crippen molar-refractivity contribution in [3.05, 3.63) is 47.1 Å². The fourth-order valence-electron chi connectivity index (χ4n) is 2.81. The molecule has 3 rings (SSSR count). The molecule has 0 unspecified atom stereocenters. The van der Waals surface area contributed by atoms with Gasteiger partial charge in [0.15, 0.2) is 5.82 Å². The molecule has 0 spiro atoms. The van der Waals surface area contributed by atoms with Gasteiger partial charge in [-0.3, -0.25) is 4.79 Å². The average molecular weight is 310 g/mol. The number of carbonyl (C=O) groups is 1. The second-order valence-electron chi connectivity index (χ2n) is 5.68. The van der Waals surface area contributed by atoms with E-state index in [1.807, 2.05) is 11.8 Å². The van der Waals surface area contributed by atoms with Crippen molar-refractivity contribution < 1.29 is 9.32 Å². The summed E-state index contributed by atoms with van der Waals surface area (Å²) < 4.78 is 5.32. The summed E-state index contributed by atoms with van der Waals surface area (Å²) in [5, 5.41) is 12.8. The largest absolute Gasteiger partial charge is 0.339 e. The van der Waals surface area contributed by atoms with Crippen LogP contribution in [0.5, 0.6) is 0 Å². The minimum atomic E-state index is -0.0191. The van der Waals surface area contributed by atoms with Crippen LogP contribution in [-0.2, 0) is 6.42 Å². The maximum absolute atomic E-state index is 12.6. The van der Waals surface area contributed by atoms with Crippen LogP contribution in [0.1, 0.15) is 53.3 Å². The van der Waals surface area contributed by atoms with Gasteiger partial charge in [-0.15, -0.1) is 0 Å². The van der Waals surface area contributed by atoms with Gasteiger partial charge in [-0.2, -0.15) is 10.2 Å². The Labute approximate surface area is 134 Å². The summed E-state index contributed by atoms with van der Waals surface area (Å²) in [6.07, 6.45) is 2.60. The highest BCUT2D eigenvalue weighted by Crippen LogP contribution is 2.26. The minimum Gasteiger partial charge on any atom is -0.339 e. The lowest BCUT2D eigenvalue weighted by molar-refractivity contribution is 0.0695. The van der Waals surface area contributed by atoms with Crippen molar-refractivity contribution in [1.82, 2.24) is 15.0 Å². The Bertz CT molecular complexity index is 730. The number of hydrogen-bond acceptors (Lipinski definition) is 5. The second-order valence-corrected chi connectivity index (χ2v) is 5.68. The number of carbonyl (C=O) groups excluding carboxylic acids is 1. The third-order valence-electron chi connectivity index (χ3n) is 4.12. The summed E-state index contributed by atoms with van der Waals surface area (Å²) in [4.78, 5) is 18.8. The van der Waals surface area contributed by atoms with Crippen LogP contribution in [0.4, 0.5) is 0 Å². The molecule has 118 valence electrons. The van der Waals surface area contributed by atoms with Crippen LogP contribution in [-0.4, -0.2) is 34.0 Å². The fraction of sp³-hybridized carbons (Fsp3) is 0.412. The molecule has 1 aliphatic rings. The Kier molecular flexibility index (Phi) is 4.38. The summed E-state index contributed by atoms with van der Waals surface area (Å²) in [5.74, 6) is 1.41. The van der Waals surface area contributed by atoms with Gasteiger partial charge in [0, 0.05) is 25.1 Å². The van der Waals surface area contributed by atoms with Crippen molar-refractivity contribution in [3.63, 3.8) is 0 Å². The van der Waals surface area contributed by atoms with Crippen LogP contribution in [0.3, 0.4) is 0 Å². The van der Waals surface area contributed by atoms with E-state index >= 15 is 0 Å². The van der Waals surface area contributed by atoms with Crippen LogP contribution in [0, 0.1) is 11.3 Å². The van der Waals surface area contributed by atoms with Crippen molar-refractivity contribution in [3.8, 4) is 6.07 Å². The summed E-state index contributed by atoms with van der Waals surface area (Å²) in [6.45, 7) is 3.30. The highest BCUT2D eigenvalue weighted by Gasteiger charge is 2.28. The molecule has 2 heterocycles. The van der Waals surface area contributed by atoms with Gasteiger partial charge in [0.2, 0.25) is 5.89 Å². The number of benzene rings is 1. The van der Waals surface area contributed by atoms with E-state index in [-0.39, 0.29) is 11.8 Å². The number of nitrogens with zero attached hydrogens (tertiary/aromatic N) is 4. The van der Waals surface area contributed by atoms with Gasteiger partial charge >= 0.3 is 0 Å². The predicted molar refractivity (Wildman–Crippen MR) is 82.7 cm³/mol. The van der Waals surface area contributed by atoms with Crippen LogP contribution < -0.4 is 0 Å². The molecular weight excluding hydrogens is 292 g/mol. The third kappa shape index (κ3) is 3.24. The van der Waals surface area contributed by atoms with E-state index in [1.54, 1.807) is 24.3 Å². The zero-order valence-corrected chi connectivity index (χ0v) is 13.0. The maximum atomic E-state index is 12.6. The molecule has 1 saturated heterocycles. The molecule has 1 fully saturated rings. The number of piperidine rings is 1. The fourth-order valence-corrected chi connectivity index (χ4v) is 2.81. The van der Waals surface area contributed by atoms with Crippen molar-refractivity contribution >= 4 is 5.91 Å². The van der Waals surface area contributed by atoms with Crippen molar-refractivity contribution in [2.45, 2.75) is 32.1 Å². The summed E-state index contributed by atoms with van der Waals surface area (Å²) >= 11 is 0. The Morgan fingerprint density at radius 3 is 2.87 bits per heavy atom. The number of aryl methyl sites for hydroxylation is 1. The zero-order chi connectivity index (χ0) is 16.2. The smallest absolute Gasteiger partial charge is 0.253 e. The molecule has 0 aliphatic carbocycles. The monoisotopic (exact) mass is 310 g/mol. The first-order valence-corrected chi connectivity index (χ1v) is 7.83. The molecule has 0 radical (unpaired) electrons. The van der Waals surface area contributed by atoms with Gasteiger partial charge in [0.05, 0.1) is 17.6 Å². The number of likely N-dealkylation sites (tertiary alicyclic amines) is 1. The van der Waals surface area contributed by atoms with Gasteiger partial charge in [0.25, 0.3) is 5.91 Å². The Morgan fingerprint density at radius 2 is 2.22 bits per heavy atom. The predicted octanol–water partition coefficient (Wildman–Crippen LogP) is 2.52. The molecular formula is C17H18N4O2. The molecule has 1 aliphatic heterocycles. The molecule has 0 N–H and O–H groups in total. The van der Waals surface area contributed by atoms with Crippen LogP contribution in [0.2, 0.25) is 0 Å². The molecule has 23 heavy (non-hydrogen) atoms. The zero-order valence-electron chi connectivity index (χ0n) is 13.0. The van der Waals surface area contributed by atoms with Crippen LogP contribution >= 0.6 is 0 Å². The van der Waals surface area contributed by atoms with E-state index < -0.39 is 0 Å². The van der Waals surface area contributed by atoms with Gasteiger partial charge in [0.1, 0.15) is 0 Å². The molecule has 1 aromatic carbocycles. The lowest BCUT2D eigenvalue weighted by atomic mass is 9.97. The standard InChI is InChI=1S/C17H18N4O2/c1-2-15-19-16(23-20-15)14-4-3-9-21(11-14)17(22)13-7-5-12(10-18)6-8-13/h5-8,14H,2-4,9,11H2,1H3/t14-/m1/s1. The van der Waals surface area contributed by atoms with E-state index in [1.165, 1.54) is 0 Å². The van der Waals surface area contributed by atoms with Gasteiger partial charge < -0.3 is 9.42 Å². The molecule has 6 heteroatoms. The van der Waals surface area contributed by atoms with E-state index in [0.717, 1.165) is 25.8 Å². The molecule has 1 atom stereocenters. The first kappa shape index (κ1) is 15.2. The van der Waals surface area contributed by atoms with Crippen LogP contribution in [0.15, 0.2) is 28.8 Å². The number of amides is 1. The summed E-state index contributed by atoms with van der Waals surface area (Å²) in [5.41, 5.74) is 1.15. The van der Waals surface area contributed by atoms with E-state index in [4.69, 9.17) is 9.78 Å². The topological polar surface area (TPSA) is 83.0 Å². The van der Waals surface area contributed by atoms with Gasteiger partial charge in [-0.25, -0.2) is 0 Å². The van der Waals surface area contributed by atoms with E-state index in [0.29, 0.717) is 29.4 Å². The molecule has 1 amide bonds. The molecule has 6 nitrogen and oxygen atoms in total. The highest BCUT2D eigenvalue weighted by atomic mass is 16.5. The number of aromatic nitrogens is 2. The number of hydrogen-bond donors (Lipinski definition) is 0. The molecule has 0 bridgehead atoms. The summed E-state index contributed by atoms with van der Waals surface area (Å²) in [7, 11) is 0. The Balaban J connectivity index is 1.72.